The second-order valence-corrected chi connectivity index (χ2v) is 7.76. The molecule has 0 saturated carbocycles. The highest BCUT2D eigenvalue weighted by molar-refractivity contribution is 8.02. The van der Waals surface area contributed by atoms with Crippen LogP contribution in [0, 0.1) is 0 Å². The lowest BCUT2D eigenvalue weighted by molar-refractivity contribution is -0.148. The Morgan fingerprint density at radius 1 is 1.45 bits per heavy atom. The van der Waals surface area contributed by atoms with Crippen molar-refractivity contribution in [1.29, 1.82) is 0 Å². The summed E-state index contributed by atoms with van der Waals surface area (Å²) >= 11 is 4.80. The maximum Gasteiger partial charge on any atom is 0.325 e. The maximum absolute atomic E-state index is 11.9. The first-order chi connectivity index (χ1) is 9.55. The normalized spacial score (nSPS) is 14.0. The molecule has 20 heavy (non-hydrogen) atoms. The van der Waals surface area contributed by atoms with Gasteiger partial charge in [0.05, 0.1) is 7.11 Å². The van der Waals surface area contributed by atoms with E-state index in [1.54, 1.807) is 34.9 Å². The van der Waals surface area contributed by atoms with Crippen LogP contribution in [0.5, 0.6) is 0 Å². The third-order valence-corrected chi connectivity index (χ3v) is 5.83. The number of thioether (sulfide) groups is 2. The van der Waals surface area contributed by atoms with Crippen molar-refractivity contribution in [3.05, 3.63) is 0 Å². The van der Waals surface area contributed by atoms with Crippen LogP contribution in [-0.2, 0) is 9.53 Å². The van der Waals surface area contributed by atoms with Gasteiger partial charge in [-0.05, 0) is 32.6 Å². The van der Waals surface area contributed by atoms with Crippen molar-refractivity contribution in [2.75, 3.05) is 25.7 Å². The molecular weight excluding hydrogens is 314 g/mol. The lowest BCUT2D eigenvalue weighted by atomic mass is 9.99. The molecule has 0 aliphatic heterocycles. The highest BCUT2D eigenvalue weighted by atomic mass is 32.2. The van der Waals surface area contributed by atoms with Crippen molar-refractivity contribution in [1.82, 2.24) is 15.5 Å². The molecule has 1 heterocycles. The molecule has 1 atom stereocenters. The summed E-state index contributed by atoms with van der Waals surface area (Å²) in [7, 11) is 1.43. The lowest BCUT2D eigenvalue weighted by Gasteiger charge is -2.27. The topological polar surface area (TPSA) is 64.1 Å². The van der Waals surface area contributed by atoms with Crippen LogP contribution in [0.2, 0.25) is 0 Å². The van der Waals surface area contributed by atoms with Gasteiger partial charge in [-0.3, -0.25) is 4.79 Å². The number of ether oxygens (including phenoxy) is 1. The molecule has 0 bridgehead atoms. The van der Waals surface area contributed by atoms with E-state index in [1.165, 1.54) is 7.11 Å². The zero-order chi connectivity index (χ0) is 15.0. The van der Waals surface area contributed by atoms with E-state index in [4.69, 9.17) is 4.74 Å². The maximum atomic E-state index is 11.9. The van der Waals surface area contributed by atoms with Crippen molar-refractivity contribution in [2.45, 2.75) is 40.9 Å². The van der Waals surface area contributed by atoms with Crippen LogP contribution in [-0.4, -0.2) is 47.4 Å². The fraction of sp³-hybridized carbons (Fsp3) is 0.750. The molecule has 1 aromatic rings. The molecule has 0 amide bonds. The second kappa shape index (κ2) is 8.86. The van der Waals surface area contributed by atoms with Gasteiger partial charge in [-0.25, -0.2) is 0 Å². The van der Waals surface area contributed by atoms with Crippen LogP contribution in [0.15, 0.2) is 8.68 Å². The standard InChI is InChI=1S/C12H21N3O2S3/c1-5-7-13-12(2,9(16)17-3)6-8-19-11-15-14-10(18-4)20-11/h13H,5-8H2,1-4H3. The fourth-order valence-corrected chi connectivity index (χ4v) is 4.24. The Morgan fingerprint density at radius 2 is 2.15 bits per heavy atom. The fourth-order valence-electron chi connectivity index (χ4n) is 1.57. The van der Waals surface area contributed by atoms with Crippen LogP contribution < -0.4 is 5.32 Å². The summed E-state index contributed by atoms with van der Waals surface area (Å²) in [6.45, 7) is 4.76. The highest BCUT2D eigenvalue weighted by Gasteiger charge is 2.33. The summed E-state index contributed by atoms with van der Waals surface area (Å²) in [5.74, 6) is 0.583. The molecule has 114 valence electrons. The average molecular weight is 336 g/mol. The van der Waals surface area contributed by atoms with Gasteiger partial charge >= 0.3 is 5.97 Å². The summed E-state index contributed by atoms with van der Waals surface area (Å²) < 4.78 is 6.80. The van der Waals surface area contributed by atoms with Gasteiger partial charge in [0, 0.05) is 5.75 Å². The summed E-state index contributed by atoms with van der Waals surface area (Å²) in [4.78, 5) is 11.9. The van der Waals surface area contributed by atoms with Gasteiger partial charge < -0.3 is 10.1 Å². The number of carbonyl (C=O) groups excluding carboxylic acids is 1. The molecule has 5 nitrogen and oxygen atoms in total. The van der Waals surface area contributed by atoms with Gasteiger partial charge in [0.15, 0.2) is 8.68 Å². The first-order valence-electron chi connectivity index (χ1n) is 6.39. The molecular formula is C12H21N3O2S3. The van der Waals surface area contributed by atoms with Crippen LogP contribution >= 0.6 is 34.9 Å². The SMILES string of the molecule is CCCNC(C)(CCSc1nnc(SC)s1)C(=O)OC. The minimum atomic E-state index is -0.634. The first kappa shape index (κ1) is 17.7. The minimum absolute atomic E-state index is 0.214. The predicted octanol–water partition coefficient (Wildman–Crippen LogP) is 2.67. The molecule has 0 radical (unpaired) electrons. The van der Waals surface area contributed by atoms with E-state index in [9.17, 15) is 4.79 Å². The summed E-state index contributed by atoms with van der Waals surface area (Å²) in [6, 6.07) is 0. The average Bonchev–Trinajstić information content (AvgIpc) is 2.92. The summed E-state index contributed by atoms with van der Waals surface area (Å²) in [5.41, 5.74) is -0.634. The Bertz CT molecular complexity index is 428. The minimum Gasteiger partial charge on any atom is -0.468 e. The van der Waals surface area contributed by atoms with E-state index >= 15 is 0 Å². The molecule has 0 fully saturated rings. The largest absolute Gasteiger partial charge is 0.468 e. The molecule has 0 aromatic carbocycles. The van der Waals surface area contributed by atoms with Crippen molar-refractivity contribution in [3.8, 4) is 0 Å². The van der Waals surface area contributed by atoms with E-state index in [0.717, 1.165) is 27.4 Å². The first-order valence-corrected chi connectivity index (χ1v) is 9.42. The number of aromatic nitrogens is 2. The van der Waals surface area contributed by atoms with Crippen LogP contribution in [0.3, 0.4) is 0 Å². The number of rotatable bonds is 9. The number of hydrogen-bond acceptors (Lipinski definition) is 8. The van der Waals surface area contributed by atoms with Crippen molar-refractivity contribution in [3.63, 3.8) is 0 Å². The number of nitrogens with zero attached hydrogens (tertiary/aromatic N) is 2. The van der Waals surface area contributed by atoms with Gasteiger partial charge in [-0.2, -0.15) is 0 Å². The van der Waals surface area contributed by atoms with E-state index < -0.39 is 5.54 Å². The Labute approximate surface area is 132 Å². The molecule has 1 rings (SSSR count). The Kier molecular flexibility index (Phi) is 7.86. The van der Waals surface area contributed by atoms with Crippen LogP contribution in [0.25, 0.3) is 0 Å². The number of carbonyl (C=O) groups is 1. The van der Waals surface area contributed by atoms with Crippen LogP contribution in [0.4, 0.5) is 0 Å². The van der Waals surface area contributed by atoms with Gasteiger partial charge in [0.1, 0.15) is 5.54 Å². The van der Waals surface area contributed by atoms with E-state index in [-0.39, 0.29) is 5.97 Å². The number of esters is 1. The van der Waals surface area contributed by atoms with Gasteiger partial charge in [-0.1, -0.05) is 41.8 Å². The van der Waals surface area contributed by atoms with Crippen molar-refractivity contribution < 1.29 is 9.53 Å². The molecule has 8 heteroatoms. The molecule has 0 aliphatic carbocycles. The Hall–Kier alpha value is -0.310. The summed E-state index contributed by atoms with van der Waals surface area (Å²) in [6.07, 6.45) is 3.66. The second-order valence-electron chi connectivity index (χ2n) is 4.39. The Morgan fingerprint density at radius 3 is 2.70 bits per heavy atom. The molecule has 1 unspecified atom stereocenters. The number of hydrogen-bond donors (Lipinski definition) is 1. The quantitative estimate of drug-likeness (QED) is 0.550. The van der Waals surface area contributed by atoms with E-state index in [1.807, 2.05) is 13.2 Å². The molecule has 0 saturated heterocycles. The molecule has 1 N–H and O–H groups in total. The van der Waals surface area contributed by atoms with Crippen molar-refractivity contribution >= 4 is 40.8 Å². The Balaban J connectivity index is 2.51. The van der Waals surface area contributed by atoms with Crippen LogP contribution in [0.1, 0.15) is 26.7 Å². The smallest absolute Gasteiger partial charge is 0.325 e. The van der Waals surface area contributed by atoms with E-state index in [2.05, 4.69) is 22.4 Å². The summed E-state index contributed by atoms with van der Waals surface area (Å²) in [5, 5.41) is 11.4. The molecule has 0 spiro atoms. The third-order valence-electron chi connectivity index (χ3n) is 2.79. The lowest BCUT2D eigenvalue weighted by Crippen LogP contribution is -2.50. The van der Waals surface area contributed by atoms with Gasteiger partial charge in [0.25, 0.3) is 0 Å². The zero-order valence-electron chi connectivity index (χ0n) is 12.3. The highest BCUT2D eigenvalue weighted by Crippen LogP contribution is 2.29. The van der Waals surface area contributed by atoms with Crippen molar-refractivity contribution in [2.24, 2.45) is 0 Å². The monoisotopic (exact) mass is 335 g/mol. The molecule has 0 aliphatic rings. The zero-order valence-corrected chi connectivity index (χ0v) is 14.7. The predicted molar refractivity (Wildman–Crippen MR) is 85.7 cm³/mol. The number of methoxy groups -OCH3 is 1. The third kappa shape index (κ3) is 5.23. The molecule has 1 aromatic heterocycles. The van der Waals surface area contributed by atoms with E-state index in [0.29, 0.717) is 6.42 Å². The number of nitrogens with one attached hydrogen (secondary N) is 1. The van der Waals surface area contributed by atoms with Gasteiger partial charge in [-0.15, -0.1) is 10.2 Å². The van der Waals surface area contributed by atoms with Gasteiger partial charge in [0.2, 0.25) is 0 Å².